The van der Waals surface area contributed by atoms with E-state index in [-0.39, 0.29) is 20.9 Å². The van der Waals surface area contributed by atoms with E-state index < -0.39 is 41.7 Å². The molecule has 0 radical (unpaired) electrons. The third kappa shape index (κ3) is 4.59. The average Bonchev–Trinajstić information content (AvgIpc) is 3.49. The molecule has 0 saturated carbocycles. The van der Waals surface area contributed by atoms with E-state index in [4.69, 9.17) is 21.7 Å². The predicted octanol–water partition coefficient (Wildman–Crippen LogP) is 4.49. The van der Waals surface area contributed by atoms with E-state index in [1.54, 1.807) is 38.1 Å². The number of hydrogen-bond donors (Lipinski definition) is 0. The zero-order valence-electron chi connectivity index (χ0n) is 22.7. The van der Waals surface area contributed by atoms with Crippen molar-refractivity contribution in [3.63, 3.8) is 0 Å². The standard InChI is InChI=1S/C29H24N2O7S3/c1-14-10-11-17-18(12-14)31(19(32)13-30-24(33)15-8-6-7-9-16(15)25(30)34)29(2,3)23(39)20(17)28-40-21(26(35)37-4)22(41-28)27(36)38-5/h6-12H,13H2,1-5H3. The van der Waals surface area contributed by atoms with Crippen LogP contribution in [0.4, 0.5) is 5.69 Å². The lowest BCUT2D eigenvalue weighted by molar-refractivity contribution is -0.138. The van der Waals surface area contributed by atoms with Gasteiger partial charge in [-0.25, -0.2) is 9.59 Å². The quantitative estimate of drug-likeness (QED) is 0.213. The molecule has 0 unspecified atom stereocenters. The number of nitrogens with zero attached hydrogens (tertiary/aromatic N) is 2. The first-order valence-electron chi connectivity index (χ1n) is 12.4. The first-order valence-corrected chi connectivity index (χ1v) is 14.4. The summed E-state index contributed by atoms with van der Waals surface area (Å²) in [4.78, 5) is 68.1. The maximum Gasteiger partial charge on any atom is 0.346 e. The van der Waals surface area contributed by atoms with Gasteiger partial charge in [-0.1, -0.05) is 60.0 Å². The number of ether oxygens (including phenoxy) is 2. The van der Waals surface area contributed by atoms with Crippen molar-refractivity contribution < 1.29 is 33.4 Å². The van der Waals surface area contributed by atoms with Crippen molar-refractivity contribution in [2.45, 2.75) is 26.3 Å². The van der Waals surface area contributed by atoms with Gasteiger partial charge >= 0.3 is 11.9 Å². The second kappa shape index (κ2) is 10.6. The summed E-state index contributed by atoms with van der Waals surface area (Å²) in [6.45, 7) is 4.97. The Morgan fingerprint density at radius 3 is 1.93 bits per heavy atom. The van der Waals surface area contributed by atoms with Crippen LogP contribution in [0.5, 0.6) is 0 Å². The van der Waals surface area contributed by atoms with Crippen LogP contribution in [-0.4, -0.2) is 65.7 Å². The number of imide groups is 1. The molecule has 3 aliphatic heterocycles. The second-order valence-corrected chi connectivity index (χ2v) is 12.6. The molecule has 0 bridgehead atoms. The highest BCUT2D eigenvalue weighted by atomic mass is 32.2. The first kappa shape index (κ1) is 28.8. The summed E-state index contributed by atoms with van der Waals surface area (Å²) in [5, 5.41) is 0. The second-order valence-electron chi connectivity index (χ2n) is 9.89. The van der Waals surface area contributed by atoms with Crippen molar-refractivity contribution in [3.05, 3.63) is 78.8 Å². The largest absolute Gasteiger partial charge is 0.465 e. The molecule has 2 aromatic rings. The number of thiocarbonyl (C=S) groups is 1. The minimum absolute atomic E-state index is 0.0882. The Hall–Kier alpha value is -3.74. The summed E-state index contributed by atoms with van der Waals surface area (Å²) < 4.78 is 10.4. The number of esters is 2. The minimum Gasteiger partial charge on any atom is -0.465 e. The summed E-state index contributed by atoms with van der Waals surface area (Å²) >= 11 is 8.10. The fraction of sp³-hybridized carbons (Fsp3) is 0.241. The van der Waals surface area contributed by atoms with Crippen LogP contribution in [0.25, 0.3) is 5.57 Å². The lowest BCUT2D eigenvalue weighted by atomic mass is 9.83. The molecule has 0 saturated heterocycles. The van der Waals surface area contributed by atoms with Crippen LogP contribution in [0.2, 0.25) is 0 Å². The van der Waals surface area contributed by atoms with Gasteiger partial charge in [-0.3, -0.25) is 24.2 Å². The lowest BCUT2D eigenvalue weighted by Gasteiger charge is -2.45. The van der Waals surface area contributed by atoms with Crippen molar-refractivity contribution in [2.75, 3.05) is 25.7 Å². The van der Waals surface area contributed by atoms with E-state index in [1.807, 2.05) is 25.1 Å². The van der Waals surface area contributed by atoms with Crippen molar-refractivity contribution in [2.24, 2.45) is 0 Å². The minimum atomic E-state index is -1.09. The number of methoxy groups -OCH3 is 2. The van der Waals surface area contributed by atoms with Gasteiger partial charge in [0.15, 0.2) is 0 Å². The van der Waals surface area contributed by atoms with Crippen molar-refractivity contribution >= 4 is 81.5 Å². The number of benzene rings is 2. The summed E-state index contributed by atoms with van der Waals surface area (Å²) in [6.07, 6.45) is 0. The zero-order chi connectivity index (χ0) is 29.8. The average molecular weight is 609 g/mol. The number of thioether (sulfide) groups is 2. The lowest BCUT2D eigenvalue weighted by Crippen LogP contribution is -2.58. The van der Waals surface area contributed by atoms with E-state index in [0.717, 1.165) is 34.0 Å². The molecule has 12 heteroatoms. The number of rotatable bonds is 4. The molecule has 0 atom stereocenters. The van der Waals surface area contributed by atoms with Crippen LogP contribution < -0.4 is 4.90 Å². The van der Waals surface area contributed by atoms with Gasteiger partial charge in [-0.05, 0) is 44.5 Å². The smallest absolute Gasteiger partial charge is 0.346 e. The van der Waals surface area contributed by atoms with Crippen LogP contribution >= 0.6 is 35.7 Å². The molecular formula is C29H24N2O7S3. The third-order valence-electron chi connectivity index (χ3n) is 6.97. The van der Waals surface area contributed by atoms with Crippen LogP contribution in [0.15, 0.2) is 56.5 Å². The number of fused-ring (bicyclic) bond motifs is 2. The number of hydrogen-bond acceptors (Lipinski definition) is 10. The Bertz CT molecular complexity index is 1590. The molecule has 0 aliphatic carbocycles. The molecule has 5 rings (SSSR count). The highest BCUT2D eigenvalue weighted by Crippen LogP contribution is 2.56. The molecule has 3 heterocycles. The van der Waals surface area contributed by atoms with Gasteiger partial charge in [-0.15, -0.1) is 0 Å². The number of carbonyl (C=O) groups excluding carboxylic acids is 5. The summed E-state index contributed by atoms with van der Waals surface area (Å²) in [5.74, 6) is -2.90. The van der Waals surface area contributed by atoms with Crippen LogP contribution in [-0.2, 0) is 23.9 Å². The van der Waals surface area contributed by atoms with Crippen molar-refractivity contribution in [1.82, 2.24) is 4.90 Å². The molecule has 210 valence electrons. The number of aryl methyl sites for hydroxylation is 1. The third-order valence-corrected chi connectivity index (χ3v) is 10.2. The predicted molar refractivity (Wildman–Crippen MR) is 160 cm³/mol. The Morgan fingerprint density at radius 1 is 0.878 bits per heavy atom. The summed E-state index contributed by atoms with van der Waals surface area (Å²) in [6, 6.07) is 12.0. The van der Waals surface area contributed by atoms with Crippen LogP contribution in [0, 0.1) is 6.92 Å². The van der Waals surface area contributed by atoms with Gasteiger partial charge in [-0.2, -0.15) is 0 Å². The van der Waals surface area contributed by atoms with Gasteiger partial charge in [0.2, 0.25) is 5.91 Å². The maximum atomic E-state index is 14.0. The normalized spacial score (nSPS) is 17.6. The number of amides is 3. The van der Waals surface area contributed by atoms with Gasteiger partial charge < -0.3 is 9.47 Å². The molecule has 41 heavy (non-hydrogen) atoms. The van der Waals surface area contributed by atoms with E-state index in [0.29, 0.717) is 25.9 Å². The van der Waals surface area contributed by atoms with E-state index in [1.165, 1.54) is 19.1 Å². The topological polar surface area (TPSA) is 110 Å². The Morgan fingerprint density at radius 2 is 1.41 bits per heavy atom. The summed E-state index contributed by atoms with van der Waals surface area (Å²) in [5.41, 5.74) is 2.03. The zero-order valence-corrected chi connectivity index (χ0v) is 25.2. The molecule has 0 spiro atoms. The van der Waals surface area contributed by atoms with E-state index >= 15 is 0 Å². The monoisotopic (exact) mass is 608 g/mol. The first-order chi connectivity index (χ1) is 19.4. The fourth-order valence-corrected chi connectivity index (χ4v) is 8.00. The highest BCUT2D eigenvalue weighted by Gasteiger charge is 2.47. The summed E-state index contributed by atoms with van der Waals surface area (Å²) in [7, 11) is 2.45. The Kier molecular flexibility index (Phi) is 7.43. The molecule has 9 nitrogen and oxygen atoms in total. The van der Waals surface area contributed by atoms with Gasteiger partial charge in [0.1, 0.15) is 16.4 Å². The van der Waals surface area contributed by atoms with E-state index in [9.17, 15) is 24.0 Å². The highest BCUT2D eigenvalue weighted by molar-refractivity contribution is 8.29. The van der Waals surface area contributed by atoms with Crippen LogP contribution in [0.1, 0.15) is 45.7 Å². The van der Waals surface area contributed by atoms with Crippen molar-refractivity contribution in [1.29, 1.82) is 0 Å². The molecule has 2 aromatic carbocycles. The number of anilines is 1. The molecule has 3 aliphatic rings. The molecule has 0 N–H and O–H groups in total. The van der Waals surface area contributed by atoms with Gasteiger partial charge in [0.25, 0.3) is 11.8 Å². The molecule has 3 amide bonds. The van der Waals surface area contributed by atoms with Gasteiger partial charge in [0, 0.05) is 11.1 Å². The van der Waals surface area contributed by atoms with Crippen LogP contribution in [0.3, 0.4) is 0 Å². The molecular weight excluding hydrogens is 585 g/mol. The SMILES string of the molecule is COC(=O)C1=C(C(=O)OC)SC(=C2C(=S)C(C)(C)N(C(=O)CN3C(=O)c4ccccc4C3=O)c3cc(C)ccc32)S1. The molecule has 0 aromatic heterocycles. The fourth-order valence-electron chi connectivity index (χ4n) is 4.96. The Balaban J connectivity index is 1.58. The Labute approximate surface area is 249 Å². The maximum absolute atomic E-state index is 14.0. The van der Waals surface area contributed by atoms with Gasteiger partial charge in [0.05, 0.1) is 45.7 Å². The number of carbonyl (C=O) groups is 5. The van der Waals surface area contributed by atoms with Crippen molar-refractivity contribution in [3.8, 4) is 0 Å². The molecule has 0 fully saturated rings. The van der Waals surface area contributed by atoms with E-state index in [2.05, 4.69) is 0 Å².